The lowest BCUT2D eigenvalue weighted by atomic mass is 10.3. The molecule has 2 aromatic rings. The maximum absolute atomic E-state index is 12.2. The summed E-state index contributed by atoms with van der Waals surface area (Å²) in [6.45, 7) is 4.69. The van der Waals surface area contributed by atoms with Crippen LogP contribution in [0.3, 0.4) is 0 Å². The fraction of sp³-hybridized carbons (Fsp3) is 0.286. The fourth-order valence-corrected chi connectivity index (χ4v) is 2.79. The lowest BCUT2D eigenvalue weighted by Gasteiger charge is -2.06. The van der Waals surface area contributed by atoms with Gasteiger partial charge in [-0.25, -0.2) is 8.42 Å². The predicted molar refractivity (Wildman–Crippen MR) is 80.0 cm³/mol. The van der Waals surface area contributed by atoms with Gasteiger partial charge in [0.2, 0.25) is 0 Å². The van der Waals surface area contributed by atoms with Crippen molar-refractivity contribution in [1.82, 2.24) is 10.3 Å². The lowest BCUT2D eigenvalue weighted by molar-refractivity contribution is 0.582. The third-order valence-corrected chi connectivity index (χ3v) is 4.11. The van der Waals surface area contributed by atoms with E-state index in [1.165, 1.54) is 6.20 Å². The molecule has 1 heterocycles. The Labute approximate surface area is 119 Å². The summed E-state index contributed by atoms with van der Waals surface area (Å²) in [5, 5.41) is 3.23. The summed E-state index contributed by atoms with van der Waals surface area (Å²) in [5.41, 5.74) is 1.39. The SMILES string of the molecule is CC(C)NCc1cc(S(=O)(=O)Nc2ccccc2)c[nH]1. The zero-order valence-electron chi connectivity index (χ0n) is 11.6. The molecule has 1 aromatic heterocycles. The van der Waals surface area contributed by atoms with Gasteiger partial charge in [-0.05, 0) is 18.2 Å². The number of hydrogen-bond acceptors (Lipinski definition) is 3. The zero-order chi connectivity index (χ0) is 14.6. The molecule has 1 aromatic carbocycles. The average molecular weight is 293 g/mol. The van der Waals surface area contributed by atoms with Crippen molar-refractivity contribution in [2.24, 2.45) is 0 Å². The number of aromatic amines is 1. The first kappa shape index (κ1) is 14.6. The Balaban J connectivity index is 2.10. The van der Waals surface area contributed by atoms with Gasteiger partial charge in [0.25, 0.3) is 10.0 Å². The number of H-pyrrole nitrogens is 1. The first-order valence-electron chi connectivity index (χ1n) is 6.46. The number of nitrogens with one attached hydrogen (secondary N) is 3. The summed E-state index contributed by atoms with van der Waals surface area (Å²) >= 11 is 0. The molecule has 0 saturated heterocycles. The Kier molecular flexibility index (Phi) is 4.46. The molecule has 0 saturated carbocycles. The van der Waals surface area contributed by atoms with Crippen molar-refractivity contribution in [2.45, 2.75) is 31.3 Å². The largest absolute Gasteiger partial charge is 0.363 e. The number of hydrogen-bond donors (Lipinski definition) is 3. The molecule has 108 valence electrons. The van der Waals surface area contributed by atoms with Gasteiger partial charge in [0, 0.05) is 30.2 Å². The summed E-state index contributed by atoms with van der Waals surface area (Å²) in [5.74, 6) is 0. The van der Waals surface area contributed by atoms with E-state index in [2.05, 4.69) is 15.0 Å². The number of anilines is 1. The maximum atomic E-state index is 12.2. The van der Waals surface area contributed by atoms with Gasteiger partial charge >= 0.3 is 0 Å². The van der Waals surface area contributed by atoms with Gasteiger partial charge in [0.15, 0.2) is 0 Å². The van der Waals surface area contributed by atoms with Crippen molar-refractivity contribution in [1.29, 1.82) is 0 Å². The monoisotopic (exact) mass is 293 g/mol. The maximum Gasteiger partial charge on any atom is 0.263 e. The normalized spacial score (nSPS) is 11.8. The molecular weight excluding hydrogens is 274 g/mol. The van der Waals surface area contributed by atoms with Gasteiger partial charge in [-0.1, -0.05) is 32.0 Å². The van der Waals surface area contributed by atoms with Crippen LogP contribution in [0.25, 0.3) is 0 Å². The van der Waals surface area contributed by atoms with E-state index in [1.807, 2.05) is 19.9 Å². The molecule has 0 unspecified atom stereocenters. The molecule has 0 amide bonds. The van der Waals surface area contributed by atoms with Crippen molar-refractivity contribution < 1.29 is 8.42 Å². The fourth-order valence-electron chi connectivity index (χ4n) is 1.71. The van der Waals surface area contributed by atoms with Crippen LogP contribution in [0, 0.1) is 0 Å². The number of aromatic nitrogens is 1. The second-order valence-electron chi connectivity index (χ2n) is 4.87. The van der Waals surface area contributed by atoms with Crippen LogP contribution in [0.2, 0.25) is 0 Å². The predicted octanol–water partition coefficient (Wildman–Crippen LogP) is 2.31. The van der Waals surface area contributed by atoms with Crippen LogP contribution in [0.15, 0.2) is 47.5 Å². The van der Waals surface area contributed by atoms with Crippen molar-refractivity contribution in [3.05, 3.63) is 48.3 Å². The Morgan fingerprint density at radius 1 is 1.20 bits per heavy atom. The van der Waals surface area contributed by atoms with E-state index < -0.39 is 10.0 Å². The summed E-state index contributed by atoms with van der Waals surface area (Å²) in [6.07, 6.45) is 1.50. The quantitative estimate of drug-likeness (QED) is 0.765. The zero-order valence-corrected chi connectivity index (χ0v) is 12.4. The van der Waals surface area contributed by atoms with Crippen molar-refractivity contribution in [3.8, 4) is 0 Å². The van der Waals surface area contributed by atoms with E-state index in [0.29, 0.717) is 18.3 Å². The van der Waals surface area contributed by atoms with Gasteiger partial charge in [-0.3, -0.25) is 4.72 Å². The molecule has 3 N–H and O–H groups in total. The van der Waals surface area contributed by atoms with Crippen molar-refractivity contribution in [2.75, 3.05) is 4.72 Å². The van der Waals surface area contributed by atoms with Gasteiger partial charge in [-0.2, -0.15) is 0 Å². The number of para-hydroxylation sites is 1. The van der Waals surface area contributed by atoms with Crippen LogP contribution < -0.4 is 10.0 Å². The standard InChI is InChI=1S/C14H19N3O2S/c1-11(2)15-9-13-8-14(10-16-13)20(18,19)17-12-6-4-3-5-7-12/h3-8,10-11,15-17H,9H2,1-2H3. The molecule has 5 nitrogen and oxygen atoms in total. The van der Waals surface area contributed by atoms with Gasteiger partial charge in [0.1, 0.15) is 4.90 Å². The first-order valence-corrected chi connectivity index (χ1v) is 7.94. The summed E-state index contributed by atoms with van der Waals surface area (Å²) < 4.78 is 26.9. The van der Waals surface area contributed by atoms with E-state index in [0.717, 1.165) is 5.69 Å². The lowest BCUT2D eigenvalue weighted by Crippen LogP contribution is -2.21. The van der Waals surface area contributed by atoms with Crippen LogP contribution in [0.4, 0.5) is 5.69 Å². The van der Waals surface area contributed by atoms with E-state index in [1.54, 1.807) is 30.3 Å². The summed E-state index contributed by atoms with van der Waals surface area (Å²) in [7, 11) is -3.54. The minimum atomic E-state index is -3.54. The Morgan fingerprint density at radius 3 is 2.55 bits per heavy atom. The van der Waals surface area contributed by atoms with E-state index in [-0.39, 0.29) is 4.90 Å². The molecule has 0 bridgehead atoms. The second-order valence-corrected chi connectivity index (χ2v) is 6.55. The summed E-state index contributed by atoms with van der Waals surface area (Å²) in [6, 6.07) is 10.8. The minimum Gasteiger partial charge on any atom is -0.363 e. The number of benzene rings is 1. The van der Waals surface area contributed by atoms with E-state index in [9.17, 15) is 8.42 Å². The van der Waals surface area contributed by atoms with Crippen LogP contribution in [0.1, 0.15) is 19.5 Å². The molecule has 6 heteroatoms. The average Bonchev–Trinajstić information content (AvgIpc) is 2.86. The second kappa shape index (κ2) is 6.11. The van der Waals surface area contributed by atoms with Gasteiger partial charge in [0.05, 0.1) is 0 Å². The smallest absolute Gasteiger partial charge is 0.263 e. The highest BCUT2D eigenvalue weighted by molar-refractivity contribution is 7.92. The first-order chi connectivity index (χ1) is 9.47. The van der Waals surface area contributed by atoms with Gasteiger partial charge < -0.3 is 10.3 Å². The van der Waals surface area contributed by atoms with Gasteiger partial charge in [-0.15, -0.1) is 0 Å². The van der Waals surface area contributed by atoms with Crippen LogP contribution in [0.5, 0.6) is 0 Å². The molecule has 0 fully saturated rings. The van der Waals surface area contributed by atoms with Crippen LogP contribution in [-0.4, -0.2) is 19.4 Å². The molecular formula is C14H19N3O2S. The third-order valence-electron chi connectivity index (χ3n) is 2.75. The number of rotatable bonds is 6. The highest BCUT2D eigenvalue weighted by atomic mass is 32.2. The Morgan fingerprint density at radius 2 is 1.90 bits per heavy atom. The molecule has 20 heavy (non-hydrogen) atoms. The van der Waals surface area contributed by atoms with E-state index in [4.69, 9.17) is 0 Å². The van der Waals surface area contributed by atoms with Crippen molar-refractivity contribution in [3.63, 3.8) is 0 Å². The molecule has 2 rings (SSSR count). The summed E-state index contributed by atoms with van der Waals surface area (Å²) in [4.78, 5) is 3.21. The topological polar surface area (TPSA) is 74.0 Å². The number of sulfonamides is 1. The molecule has 0 atom stereocenters. The Bertz CT molecular complexity index is 648. The third kappa shape index (κ3) is 3.85. The Hall–Kier alpha value is -1.79. The molecule has 0 spiro atoms. The van der Waals surface area contributed by atoms with Crippen LogP contribution in [-0.2, 0) is 16.6 Å². The van der Waals surface area contributed by atoms with Crippen LogP contribution >= 0.6 is 0 Å². The van der Waals surface area contributed by atoms with Crippen molar-refractivity contribution >= 4 is 15.7 Å². The van der Waals surface area contributed by atoms with E-state index >= 15 is 0 Å². The minimum absolute atomic E-state index is 0.238. The molecule has 0 radical (unpaired) electrons. The molecule has 0 aliphatic rings. The molecule has 0 aliphatic carbocycles. The highest BCUT2D eigenvalue weighted by Gasteiger charge is 2.16. The highest BCUT2D eigenvalue weighted by Crippen LogP contribution is 2.16. The molecule has 0 aliphatic heterocycles.